The number of carbonyl (C=O) groups is 1. The van der Waals surface area contributed by atoms with Crippen LogP contribution >= 0.6 is 0 Å². The van der Waals surface area contributed by atoms with Crippen LogP contribution in [0.3, 0.4) is 0 Å². The van der Waals surface area contributed by atoms with Gasteiger partial charge in [0, 0.05) is 24.9 Å². The molecule has 25 heavy (non-hydrogen) atoms. The van der Waals surface area contributed by atoms with Crippen molar-refractivity contribution in [1.82, 2.24) is 10.3 Å². The average molecular weight is 348 g/mol. The largest absolute Gasteiger partial charge is 0.416 e. The zero-order valence-electron chi connectivity index (χ0n) is 14.0. The summed E-state index contributed by atoms with van der Waals surface area (Å²) >= 11 is 0. The molecule has 0 bridgehead atoms. The van der Waals surface area contributed by atoms with Crippen LogP contribution in [0.25, 0.3) is 11.1 Å². The standard InChI is InChI=1S/C19H19F3N2O/c1-11-3-8-15-16(9-23-10-17(15)18(11)24-12(2)25)13-4-6-14(7-5-13)19(20,21)22/h4-7,9-11,18H,3,8H2,1-2H3,(H,24,25)/t11-,18-/m0/s1. The normalized spacial score (nSPS) is 20.0. The van der Waals surface area contributed by atoms with Gasteiger partial charge in [-0.05, 0) is 47.6 Å². The fourth-order valence-electron chi connectivity index (χ4n) is 3.42. The molecule has 6 heteroatoms. The summed E-state index contributed by atoms with van der Waals surface area (Å²) in [5, 5.41) is 2.97. The summed E-state index contributed by atoms with van der Waals surface area (Å²) in [4.78, 5) is 15.8. The number of carbonyl (C=O) groups excluding carboxylic acids is 1. The number of aromatic nitrogens is 1. The molecule has 3 rings (SSSR count). The minimum atomic E-state index is -4.35. The lowest BCUT2D eigenvalue weighted by atomic mass is 9.79. The molecule has 2 atom stereocenters. The average Bonchev–Trinajstić information content (AvgIpc) is 2.56. The maximum Gasteiger partial charge on any atom is 0.416 e. The maximum absolute atomic E-state index is 12.8. The number of amides is 1. The highest BCUT2D eigenvalue weighted by molar-refractivity contribution is 5.74. The van der Waals surface area contributed by atoms with Crippen molar-refractivity contribution in [3.05, 3.63) is 53.3 Å². The monoisotopic (exact) mass is 348 g/mol. The summed E-state index contributed by atoms with van der Waals surface area (Å²) in [6, 6.07) is 5.01. The van der Waals surface area contributed by atoms with E-state index in [9.17, 15) is 18.0 Å². The molecule has 1 aromatic carbocycles. The number of rotatable bonds is 2. The Morgan fingerprint density at radius 1 is 1.20 bits per heavy atom. The molecule has 1 aromatic heterocycles. The summed E-state index contributed by atoms with van der Waals surface area (Å²) in [5.74, 6) is 0.172. The molecule has 0 aliphatic heterocycles. The number of benzene rings is 1. The quantitative estimate of drug-likeness (QED) is 0.866. The Bertz CT molecular complexity index is 784. The van der Waals surface area contributed by atoms with Gasteiger partial charge in [0.15, 0.2) is 0 Å². The molecule has 0 unspecified atom stereocenters. The van der Waals surface area contributed by atoms with Crippen molar-refractivity contribution >= 4 is 5.91 Å². The molecular formula is C19H19F3N2O. The number of halogens is 3. The van der Waals surface area contributed by atoms with E-state index in [2.05, 4.69) is 17.2 Å². The van der Waals surface area contributed by atoms with Gasteiger partial charge in [0.2, 0.25) is 5.91 Å². The number of fused-ring (bicyclic) bond motifs is 1. The number of nitrogens with zero attached hydrogens (tertiary/aromatic N) is 1. The van der Waals surface area contributed by atoms with Crippen molar-refractivity contribution in [2.75, 3.05) is 0 Å². The molecule has 3 nitrogen and oxygen atoms in total. The maximum atomic E-state index is 12.8. The molecule has 1 aliphatic carbocycles. The topological polar surface area (TPSA) is 42.0 Å². The Labute approximate surface area is 144 Å². The van der Waals surface area contributed by atoms with Gasteiger partial charge in [-0.1, -0.05) is 19.1 Å². The van der Waals surface area contributed by atoms with E-state index in [1.165, 1.54) is 19.1 Å². The van der Waals surface area contributed by atoms with E-state index in [0.29, 0.717) is 5.56 Å². The molecule has 0 saturated carbocycles. The van der Waals surface area contributed by atoms with E-state index in [0.717, 1.165) is 41.7 Å². The van der Waals surface area contributed by atoms with Crippen molar-refractivity contribution in [1.29, 1.82) is 0 Å². The van der Waals surface area contributed by atoms with Crippen LogP contribution in [0.4, 0.5) is 13.2 Å². The lowest BCUT2D eigenvalue weighted by molar-refractivity contribution is -0.137. The Morgan fingerprint density at radius 2 is 1.88 bits per heavy atom. The first-order chi connectivity index (χ1) is 11.8. The first-order valence-electron chi connectivity index (χ1n) is 8.19. The Hall–Kier alpha value is -2.37. The highest BCUT2D eigenvalue weighted by Gasteiger charge is 2.31. The first kappa shape index (κ1) is 17.5. The van der Waals surface area contributed by atoms with E-state index < -0.39 is 11.7 Å². The number of hydrogen-bond donors (Lipinski definition) is 1. The molecule has 1 N–H and O–H groups in total. The van der Waals surface area contributed by atoms with Crippen LogP contribution in [0, 0.1) is 5.92 Å². The van der Waals surface area contributed by atoms with E-state index >= 15 is 0 Å². The van der Waals surface area contributed by atoms with Crippen molar-refractivity contribution in [2.45, 2.75) is 38.9 Å². The van der Waals surface area contributed by atoms with Crippen LogP contribution in [0.5, 0.6) is 0 Å². The van der Waals surface area contributed by atoms with Crippen LogP contribution in [-0.4, -0.2) is 10.9 Å². The van der Waals surface area contributed by atoms with Gasteiger partial charge in [0.1, 0.15) is 0 Å². The summed E-state index contributed by atoms with van der Waals surface area (Å²) in [6.07, 6.45) is 0.793. The van der Waals surface area contributed by atoms with E-state index in [-0.39, 0.29) is 17.9 Å². The zero-order valence-corrected chi connectivity index (χ0v) is 14.0. The van der Waals surface area contributed by atoms with Crippen LogP contribution in [-0.2, 0) is 17.4 Å². The molecular weight excluding hydrogens is 329 g/mol. The van der Waals surface area contributed by atoms with Gasteiger partial charge in [0.05, 0.1) is 11.6 Å². The van der Waals surface area contributed by atoms with Crippen LogP contribution < -0.4 is 5.32 Å². The fourth-order valence-corrected chi connectivity index (χ4v) is 3.42. The van der Waals surface area contributed by atoms with Gasteiger partial charge in [-0.3, -0.25) is 9.78 Å². The molecule has 0 fully saturated rings. The number of hydrogen-bond acceptors (Lipinski definition) is 2. The number of alkyl halides is 3. The predicted octanol–water partition coefficient (Wildman–Crippen LogP) is 4.53. The summed E-state index contributed by atoms with van der Waals surface area (Å²) in [6.45, 7) is 3.56. The number of pyridine rings is 1. The van der Waals surface area contributed by atoms with E-state index in [1.807, 2.05) is 0 Å². The Morgan fingerprint density at radius 3 is 2.48 bits per heavy atom. The highest BCUT2D eigenvalue weighted by atomic mass is 19.4. The van der Waals surface area contributed by atoms with Gasteiger partial charge >= 0.3 is 6.18 Å². The van der Waals surface area contributed by atoms with Crippen LogP contribution in [0.1, 0.15) is 43.0 Å². The van der Waals surface area contributed by atoms with Crippen LogP contribution in [0.2, 0.25) is 0 Å². The van der Waals surface area contributed by atoms with Crippen molar-refractivity contribution in [2.24, 2.45) is 5.92 Å². The van der Waals surface area contributed by atoms with Gasteiger partial charge < -0.3 is 5.32 Å². The SMILES string of the molecule is CC(=O)N[C@@H]1c2cncc(-c3ccc(C(F)(F)F)cc3)c2CC[C@@H]1C. The molecule has 1 aliphatic rings. The highest BCUT2D eigenvalue weighted by Crippen LogP contribution is 2.39. The third-order valence-corrected chi connectivity index (χ3v) is 4.73. The second-order valence-corrected chi connectivity index (χ2v) is 6.52. The third-order valence-electron chi connectivity index (χ3n) is 4.73. The third kappa shape index (κ3) is 3.52. The lowest BCUT2D eigenvalue weighted by Crippen LogP contribution is -2.34. The molecule has 0 saturated heterocycles. The molecule has 1 heterocycles. The minimum Gasteiger partial charge on any atom is -0.349 e. The van der Waals surface area contributed by atoms with Gasteiger partial charge in [-0.2, -0.15) is 13.2 Å². The van der Waals surface area contributed by atoms with Gasteiger partial charge in [0.25, 0.3) is 0 Å². The van der Waals surface area contributed by atoms with Crippen molar-refractivity contribution < 1.29 is 18.0 Å². The smallest absolute Gasteiger partial charge is 0.349 e. The van der Waals surface area contributed by atoms with Crippen molar-refractivity contribution in [3.63, 3.8) is 0 Å². The molecule has 132 valence electrons. The second kappa shape index (κ2) is 6.50. The van der Waals surface area contributed by atoms with Gasteiger partial charge in [-0.15, -0.1) is 0 Å². The summed E-state index contributed by atoms with van der Waals surface area (Å²) in [7, 11) is 0. The Kier molecular flexibility index (Phi) is 4.54. The minimum absolute atomic E-state index is 0.107. The second-order valence-electron chi connectivity index (χ2n) is 6.52. The fraction of sp³-hybridized carbons (Fsp3) is 0.368. The van der Waals surface area contributed by atoms with Crippen molar-refractivity contribution in [3.8, 4) is 11.1 Å². The van der Waals surface area contributed by atoms with E-state index in [4.69, 9.17) is 0 Å². The Balaban J connectivity index is 2.02. The first-order valence-corrected chi connectivity index (χ1v) is 8.19. The zero-order chi connectivity index (χ0) is 18.2. The lowest BCUT2D eigenvalue weighted by Gasteiger charge is -2.32. The summed E-state index contributed by atoms with van der Waals surface area (Å²) < 4.78 is 38.3. The summed E-state index contributed by atoms with van der Waals surface area (Å²) in [5.41, 5.74) is 2.86. The predicted molar refractivity (Wildman–Crippen MR) is 88.7 cm³/mol. The van der Waals surface area contributed by atoms with E-state index in [1.54, 1.807) is 12.4 Å². The number of nitrogens with one attached hydrogen (secondary N) is 1. The van der Waals surface area contributed by atoms with Gasteiger partial charge in [-0.25, -0.2) is 0 Å². The molecule has 0 radical (unpaired) electrons. The molecule has 2 aromatic rings. The molecule has 1 amide bonds. The van der Waals surface area contributed by atoms with Crippen LogP contribution in [0.15, 0.2) is 36.7 Å². The molecule has 0 spiro atoms.